The van der Waals surface area contributed by atoms with Crippen LogP contribution in [0.15, 0.2) is 140 Å². The van der Waals surface area contributed by atoms with Gasteiger partial charge in [-0.05, 0) is 99.9 Å². The van der Waals surface area contributed by atoms with E-state index in [1.807, 2.05) is 0 Å². The number of hydrogen-bond acceptors (Lipinski definition) is 6. The predicted molar refractivity (Wildman–Crippen MR) is 319 cm³/mol. The van der Waals surface area contributed by atoms with Crippen LogP contribution in [0.25, 0.3) is 220 Å². The second-order valence-electron chi connectivity index (χ2n) is 22.2. The van der Waals surface area contributed by atoms with Gasteiger partial charge in [0.15, 0.2) is 0 Å². The van der Waals surface area contributed by atoms with Gasteiger partial charge in [0.05, 0.1) is 60.7 Å². The molecular formula is C67H31N11. The van der Waals surface area contributed by atoms with E-state index in [1.165, 1.54) is 27.5 Å². The van der Waals surface area contributed by atoms with Gasteiger partial charge in [-0.3, -0.25) is 0 Å². The highest BCUT2D eigenvalue weighted by Crippen LogP contribution is 2.47. The van der Waals surface area contributed by atoms with Crippen LogP contribution in [0.2, 0.25) is 0 Å². The van der Waals surface area contributed by atoms with Crippen molar-refractivity contribution in [2.75, 3.05) is 0 Å². The number of allylic oxidation sites excluding steroid dienone is 1. The lowest BCUT2D eigenvalue weighted by Gasteiger charge is -2.14. The molecule has 24 bridgehead atoms. The van der Waals surface area contributed by atoms with Gasteiger partial charge in [0.2, 0.25) is 0 Å². The van der Waals surface area contributed by atoms with E-state index in [2.05, 4.69) is 171 Å². The highest BCUT2D eigenvalue weighted by atomic mass is 14.9. The summed E-state index contributed by atoms with van der Waals surface area (Å²) in [6.45, 7) is 0. The zero-order valence-corrected chi connectivity index (χ0v) is 40.7. The smallest absolute Gasteiger partial charge is 0.120 e. The number of aromatic nitrogens is 11. The minimum absolute atomic E-state index is 0.606. The van der Waals surface area contributed by atoms with E-state index in [4.69, 9.17) is 29.9 Å². The van der Waals surface area contributed by atoms with Crippen molar-refractivity contribution in [2.24, 2.45) is 0 Å². The molecule has 2 aliphatic rings. The Bertz CT molecular complexity index is 6400. The molecule has 354 valence electrons. The van der Waals surface area contributed by atoms with Gasteiger partial charge in [-0.1, -0.05) is 84.9 Å². The molecule has 0 atom stereocenters. The summed E-state index contributed by atoms with van der Waals surface area (Å²) >= 11 is 0. The SMILES string of the molecule is C1=C2Cc3c1ccc1ccc4cc([nH]c4c31)-c1ccc3c4cc5ccc6ccc7cc([nH]c7c6c5[nH]4)c4ccc5c6cc7ccc8ccc9cc([nH]c9c8c7[nH]6)c6ccc2c2nc7c8nc1c3nc8c1nc4c5nc1c7nc26. The lowest BCUT2D eigenvalue weighted by Crippen LogP contribution is -2.01. The van der Waals surface area contributed by atoms with Gasteiger partial charge in [-0.25, -0.2) is 29.9 Å². The van der Waals surface area contributed by atoms with Gasteiger partial charge >= 0.3 is 0 Å². The lowest BCUT2D eigenvalue weighted by atomic mass is 9.96. The monoisotopic (exact) mass is 989 g/mol. The molecule has 20 aromatic rings. The third-order valence-corrected chi connectivity index (χ3v) is 18.3. The molecule has 78 heavy (non-hydrogen) atoms. The molecule has 0 amide bonds. The van der Waals surface area contributed by atoms with Gasteiger partial charge in [-0.15, -0.1) is 0 Å². The zero-order chi connectivity index (χ0) is 49.7. The maximum Gasteiger partial charge on any atom is 0.120 e. The molecule has 10 aromatic carbocycles. The molecule has 5 N–H and O–H groups in total. The first-order valence-corrected chi connectivity index (χ1v) is 26.6. The fourth-order valence-corrected chi connectivity index (χ4v) is 14.7. The third kappa shape index (κ3) is 4.30. The molecule has 0 unspecified atom stereocenters. The lowest BCUT2D eigenvalue weighted by molar-refractivity contribution is 1.33. The Kier molecular flexibility index (Phi) is 5.98. The second kappa shape index (κ2) is 12.3. The summed E-state index contributed by atoms with van der Waals surface area (Å²) in [5.41, 5.74) is 24.0. The first kappa shape index (κ1) is 37.9. The molecule has 10 aromatic heterocycles. The van der Waals surface area contributed by atoms with Crippen molar-refractivity contribution >= 4 is 208 Å². The molecule has 1 aliphatic heterocycles. The van der Waals surface area contributed by atoms with E-state index in [0.29, 0.717) is 33.1 Å². The summed E-state index contributed by atoms with van der Waals surface area (Å²) in [7, 11) is 0. The maximum atomic E-state index is 5.92. The number of fused-ring (bicyclic) bond motifs is 12. The van der Waals surface area contributed by atoms with Crippen LogP contribution < -0.4 is 0 Å². The first-order valence-electron chi connectivity index (χ1n) is 26.6. The summed E-state index contributed by atoms with van der Waals surface area (Å²) in [6.07, 6.45) is 3.09. The number of rotatable bonds is 0. The van der Waals surface area contributed by atoms with Crippen molar-refractivity contribution in [2.45, 2.75) is 6.42 Å². The Morgan fingerprint density at radius 3 is 1.10 bits per heavy atom. The van der Waals surface area contributed by atoms with Crippen molar-refractivity contribution in [1.82, 2.24) is 54.8 Å². The average Bonchev–Trinajstić information content (AvgIpc) is 4.46. The fraction of sp³-hybridized carbons (Fsp3) is 0.0149. The summed E-state index contributed by atoms with van der Waals surface area (Å²) in [4.78, 5) is 55.2. The number of H-pyrrole nitrogens is 5. The number of nitrogens with one attached hydrogen (secondary N) is 5. The molecule has 0 radical (unpaired) electrons. The van der Waals surface area contributed by atoms with Crippen LogP contribution >= 0.6 is 0 Å². The fourth-order valence-electron chi connectivity index (χ4n) is 14.7. The van der Waals surface area contributed by atoms with Gasteiger partial charge in [-0.2, -0.15) is 0 Å². The summed E-state index contributed by atoms with van der Waals surface area (Å²) < 4.78 is 0. The van der Waals surface area contributed by atoms with Crippen LogP contribution in [0.5, 0.6) is 0 Å². The zero-order valence-electron chi connectivity index (χ0n) is 40.7. The van der Waals surface area contributed by atoms with Crippen molar-refractivity contribution in [3.63, 3.8) is 0 Å². The predicted octanol–water partition coefficient (Wildman–Crippen LogP) is 16.4. The van der Waals surface area contributed by atoms with Crippen LogP contribution in [0.3, 0.4) is 0 Å². The Labute approximate surface area is 434 Å². The molecule has 1 aliphatic carbocycles. The average molecular weight is 990 g/mol. The highest BCUT2D eigenvalue weighted by Gasteiger charge is 2.28. The van der Waals surface area contributed by atoms with Gasteiger partial charge in [0, 0.05) is 104 Å². The molecular weight excluding hydrogens is 959 g/mol. The quantitative estimate of drug-likeness (QED) is 0.0752. The molecule has 11 heteroatoms. The summed E-state index contributed by atoms with van der Waals surface area (Å²) in [5.74, 6) is 0. The van der Waals surface area contributed by atoms with Crippen molar-refractivity contribution < 1.29 is 0 Å². The molecule has 0 spiro atoms. The van der Waals surface area contributed by atoms with Crippen molar-refractivity contribution in [3.8, 4) is 11.3 Å². The van der Waals surface area contributed by atoms with Gasteiger partial charge < -0.3 is 24.9 Å². The Hall–Kier alpha value is -10.8. The van der Waals surface area contributed by atoms with Gasteiger partial charge in [0.25, 0.3) is 0 Å². The largest absolute Gasteiger partial charge is 0.354 e. The number of hydrogen-bond donors (Lipinski definition) is 5. The van der Waals surface area contributed by atoms with E-state index >= 15 is 0 Å². The van der Waals surface area contributed by atoms with Gasteiger partial charge in [0.1, 0.15) is 33.1 Å². The van der Waals surface area contributed by atoms with E-state index in [-0.39, 0.29) is 0 Å². The van der Waals surface area contributed by atoms with Crippen LogP contribution in [0.4, 0.5) is 0 Å². The van der Waals surface area contributed by atoms with E-state index < -0.39 is 0 Å². The minimum atomic E-state index is 0.606. The molecule has 22 rings (SSSR count). The first-order chi connectivity index (χ1) is 38.5. The van der Waals surface area contributed by atoms with Crippen LogP contribution in [-0.4, -0.2) is 54.8 Å². The maximum absolute atomic E-state index is 5.92. The molecule has 11 nitrogen and oxygen atoms in total. The van der Waals surface area contributed by atoms with E-state index in [9.17, 15) is 0 Å². The third-order valence-electron chi connectivity index (χ3n) is 18.3. The minimum Gasteiger partial charge on any atom is -0.354 e. The topological polar surface area (TPSA) is 156 Å². The number of benzene rings is 10. The molecule has 0 fully saturated rings. The standard InChI is InChI=1S/C67H31N11/c1-7-29-19-35-20-42(29)48-26(1)2-8-30-21-43(68-51(30)48)38-15-16-39-45-23-33-11-5-28-6-12-34-25-47(72-55(34)50(28)54(33)70-45)41-18-17-40-46-24-32-10-4-27-3-9-31-22-44(69-52(31)49(27)53(32)71-46)37-14-13-36(35)56-57(37)74-63-62(73-56)64-66(77-59(39)58(38)75-64)67-65(63)76-60(40)61(41)78-67/h1-19,21-25,68-72H,20H2. The van der Waals surface area contributed by atoms with Crippen LogP contribution in [0.1, 0.15) is 16.7 Å². The second-order valence-corrected chi connectivity index (χ2v) is 22.2. The highest BCUT2D eigenvalue weighted by molar-refractivity contribution is 6.29. The molecule has 0 saturated heterocycles. The molecule has 11 heterocycles. The van der Waals surface area contributed by atoms with Crippen molar-refractivity contribution in [1.29, 1.82) is 0 Å². The van der Waals surface area contributed by atoms with Crippen molar-refractivity contribution in [3.05, 3.63) is 156 Å². The molecule has 0 saturated carbocycles. The number of nitrogens with zero attached hydrogens (tertiary/aromatic N) is 6. The Balaban J connectivity index is 1.06. The van der Waals surface area contributed by atoms with E-state index in [0.717, 1.165) is 176 Å². The Morgan fingerprint density at radius 2 is 0.628 bits per heavy atom. The number of aromatic amines is 5. The van der Waals surface area contributed by atoms with Crippen LogP contribution in [-0.2, 0) is 6.42 Å². The summed E-state index contributed by atoms with van der Waals surface area (Å²) in [6, 6.07) is 51.5. The van der Waals surface area contributed by atoms with Crippen LogP contribution in [0, 0.1) is 0 Å². The normalized spacial score (nSPS) is 13.9. The Morgan fingerprint density at radius 1 is 0.282 bits per heavy atom. The summed E-state index contributed by atoms with van der Waals surface area (Å²) in [5, 5.41) is 16.3. The van der Waals surface area contributed by atoms with E-state index in [1.54, 1.807) is 0 Å².